The molecular formula is C70H92F9N13O8S3. The van der Waals surface area contributed by atoms with Gasteiger partial charge < -0.3 is 47.2 Å². The lowest BCUT2D eigenvalue weighted by Crippen LogP contribution is -2.49. The second-order valence-electron chi connectivity index (χ2n) is 30.0. The second kappa shape index (κ2) is 30.9. The zero-order valence-corrected chi connectivity index (χ0v) is 59.9. The van der Waals surface area contributed by atoms with Crippen molar-refractivity contribution < 1.29 is 75.3 Å². The van der Waals surface area contributed by atoms with Crippen LogP contribution in [0.1, 0.15) is 78.8 Å². The molecule has 33 heteroatoms. The molecule has 0 amide bonds. The molecule has 8 saturated heterocycles. The Morgan fingerprint density at radius 2 is 0.825 bits per heavy atom. The molecule has 103 heavy (non-hydrogen) atoms. The summed E-state index contributed by atoms with van der Waals surface area (Å²) in [5.41, 5.74) is 30.1. The number of nitrogens with two attached hydrogens (primary N) is 4. The van der Waals surface area contributed by atoms with Crippen LogP contribution in [0.4, 0.5) is 39.5 Å². The Bertz CT molecular complexity index is 4180. The largest absolute Gasteiger partial charge is 0.370 e. The number of halogens is 9. The molecule has 21 nitrogen and oxygen atoms in total. The average Bonchev–Trinajstić information content (AvgIpc) is 1.63. The van der Waals surface area contributed by atoms with Crippen molar-refractivity contribution >= 4 is 29.7 Å². The molecule has 11 N–H and O–H groups in total. The fraction of sp³-hybridized carbons (Fsp3) is 0.600. The standard InChI is InChI=1S/2C18H26F2N4O2S.C17H20F3N3O.C17H20F2N2O3S/c1-27(22,25)24-8-11-6-23(7-12(11)9-24)14-5-17(21)18(26-10-14)15-4-13(19)2-3-16(15)20;1-27(22,25)24-5-4-11-8-23(9-17(11)24)13-7-16(21)18(26-10-13)14-6-12(19)2-3-15(14)20;18-11-1-13(16(20)14(19)2-11)17-15(21)3-12(8-24-17)23-6-9-4-22-5-10(9)7-23;18-12-1-2-15(19)14(3-12)17-16(20)4-13(7-24-17)21-5-10-8-25(22,23)9-11(10)6-21/h2-4,11-12,14,17-18,22H,5-10,21H2,1H3;2-3,6,11,13,16-18,22H,4-5,7-10,21H2,1H3;1-2,12,15,17,22H,3-8,21H2;1-3,13,16-17H,4-9,20H2/t11?,12?,14-,17+,18-,27?;11?,13-,16+,17?,18-,27?;12-,15+,17-;13-,16+,17-/m1111/s1. The number of likely N-dealkylation sites (tertiary alicyclic amines) is 2. The summed E-state index contributed by atoms with van der Waals surface area (Å²) in [5, 5.41) is 3.33. The third-order valence-corrected chi connectivity index (χ3v) is 27.0. The van der Waals surface area contributed by atoms with E-state index in [1.54, 1.807) is 4.31 Å². The quantitative estimate of drug-likeness (QED) is 0.0550. The molecule has 0 saturated carbocycles. The fourth-order valence-electron chi connectivity index (χ4n) is 17.6. The van der Waals surface area contributed by atoms with E-state index < -0.39 is 131 Å². The Morgan fingerprint density at radius 3 is 1.22 bits per heavy atom. The number of hydrogen-bond donors (Lipinski definition) is 7. The van der Waals surface area contributed by atoms with Crippen LogP contribution in [0.25, 0.3) is 0 Å². The van der Waals surface area contributed by atoms with Crippen LogP contribution in [-0.4, -0.2) is 235 Å². The highest BCUT2D eigenvalue weighted by atomic mass is 32.2. The summed E-state index contributed by atoms with van der Waals surface area (Å²) in [6.45, 7) is 11.9. The van der Waals surface area contributed by atoms with Gasteiger partial charge in [-0.3, -0.25) is 19.6 Å². The van der Waals surface area contributed by atoms with E-state index in [-0.39, 0.29) is 64.0 Å². The van der Waals surface area contributed by atoms with E-state index >= 15 is 0 Å². The fourth-order valence-corrected chi connectivity index (χ4v) is 21.5. The second-order valence-corrected chi connectivity index (χ2v) is 36.3. The van der Waals surface area contributed by atoms with Crippen molar-refractivity contribution in [2.45, 2.75) is 111 Å². The molecule has 0 spiro atoms. The Hall–Kier alpha value is -5.02. The van der Waals surface area contributed by atoms with Crippen molar-refractivity contribution in [3.63, 3.8) is 0 Å². The first-order valence-electron chi connectivity index (χ1n) is 35.1. The summed E-state index contributed by atoms with van der Waals surface area (Å²) < 4.78 is 213. The van der Waals surface area contributed by atoms with Crippen LogP contribution in [0.2, 0.25) is 0 Å². The van der Waals surface area contributed by atoms with Crippen molar-refractivity contribution in [2.75, 3.05) is 136 Å². The molecule has 4 aromatic rings. The van der Waals surface area contributed by atoms with Gasteiger partial charge in [0.15, 0.2) is 21.5 Å². The number of ether oxygens (including phenoxy) is 4. The first-order chi connectivity index (χ1) is 48.8. The molecule has 0 aliphatic carbocycles. The van der Waals surface area contributed by atoms with E-state index in [0.717, 1.165) is 131 Å². The molecule has 12 heterocycles. The van der Waals surface area contributed by atoms with Crippen molar-refractivity contribution in [1.29, 1.82) is 9.56 Å². The van der Waals surface area contributed by atoms with E-state index in [4.69, 9.17) is 51.4 Å². The molecule has 16 rings (SSSR count). The minimum atomic E-state index is -2.96. The van der Waals surface area contributed by atoms with Gasteiger partial charge in [0.2, 0.25) is 0 Å². The maximum atomic E-state index is 14.1. The minimum Gasteiger partial charge on any atom is -0.370 e. The lowest BCUT2D eigenvalue weighted by atomic mass is 9.93. The molecule has 12 aliphatic heterocycles. The van der Waals surface area contributed by atoms with Gasteiger partial charge in [0.25, 0.3) is 0 Å². The van der Waals surface area contributed by atoms with Gasteiger partial charge in [-0.15, -0.1) is 0 Å². The summed E-state index contributed by atoms with van der Waals surface area (Å²) in [4.78, 5) is 9.15. The Morgan fingerprint density at radius 1 is 0.456 bits per heavy atom. The summed E-state index contributed by atoms with van der Waals surface area (Å²) in [6, 6.07) is 10.3. The molecular weight excluding hydrogens is 1420 g/mol. The Kier molecular flexibility index (Phi) is 22.9. The summed E-state index contributed by atoms with van der Waals surface area (Å²) in [5.74, 6) is -4.64. The minimum absolute atomic E-state index is 0.0520. The van der Waals surface area contributed by atoms with E-state index in [2.05, 4.69) is 24.9 Å². The topological polar surface area (TPSA) is 288 Å². The zero-order chi connectivity index (χ0) is 73.3. The van der Waals surface area contributed by atoms with Crippen LogP contribution < -0.4 is 28.3 Å². The van der Waals surface area contributed by atoms with E-state index in [9.17, 15) is 56.3 Å². The average molecular weight is 1510 g/mol. The highest BCUT2D eigenvalue weighted by Gasteiger charge is 2.49. The number of benzene rings is 4. The molecule has 4 aromatic carbocycles. The maximum absolute atomic E-state index is 14.1. The van der Waals surface area contributed by atoms with Gasteiger partial charge in [-0.1, -0.05) is 0 Å². The van der Waals surface area contributed by atoms with E-state index in [0.29, 0.717) is 109 Å². The van der Waals surface area contributed by atoms with E-state index in [1.807, 2.05) is 4.31 Å². The number of sulfone groups is 1. The SMILES string of the molecule is CS(=N)(=O)N1CC2CN([C@H]3CO[C@H](c4cc(F)ccc4F)[C@@H](N)C3)CC2C1.CS(=N)(=O)N1CCC2CN([C@H]3CO[C@H](c4cc(F)ccc4F)[C@@H](N)C3)CC21.N[C@H]1C[C@@H](N2CC3=C(C2)CS(=O)(=O)C3)CO[C@@H]1c1cc(F)ccc1F.N[C@H]1C[C@@H](N2CC3=C(CNC3)C2)CO[C@@H]1c1cc(F)cc(F)c1F. The number of hydrogen-bond acceptors (Lipinski definition) is 19. The molecule has 6 unspecified atom stereocenters. The van der Waals surface area contributed by atoms with Gasteiger partial charge in [-0.2, -0.15) is 0 Å². The Labute approximate surface area is 595 Å². The van der Waals surface area contributed by atoms with Gasteiger partial charge >= 0.3 is 0 Å². The van der Waals surface area contributed by atoms with Crippen LogP contribution in [0.3, 0.4) is 0 Å². The first-order valence-corrected chi connectivity index (χ1v) is 40.7. The maximum Gasteiger partial charge on any atom is 0.164 e. The van der Waals surface area contributed by atoms with Gasteiger partial charge in [0, 0.05) is 180 Å². The smallest absolute Gasteiger partial charge is 0.164 e. The predicted octanol–water partition coefficient (Wildman–Crippen LogP) is 5.94. The molecule has 8 fully saturated rings. The molecule has 566 valence electrons. The monoisotopic (exact) mass is 1510 g/mol. The molecule has 0 aromatic heterocycles. The normalized spacial score (nSPS) is 34.6. The van der Waals surface area contributed by atoms with Crippen LogP contribution in [0.15, 0.2) is 89.0 Å². The van der Waals surface area contributed by atoms with Crippen LogP contribution in [0, 0.1) is 79.7 Å². The van der Waals surface area contributed by atoms with Crippen LogP contribution in [0.5, 0.6) is 0 Å². The van der Waals surface area contributed by atoms with Crippen molar-refractivity contribution in [2.24, 2.45) is 40.7 Å². The number of rotatable bonds is 10. The number of nitrogens with zero attached hydrogens (tertiary/aromatic N) is 6. The number of fused-ring (bicyclic) bond motifs is 2. The number of nitrogens with one attached hydrogen (secondary N) is 3. The van der Waals surface area contributed by atoms with Crippen LogP contribution >= 0.6 is 0 Å². The first kappa shape index (κ1) is 76.2. The zero-order valence-electron chi connectivity index (χ0n) is 57.4. The van der Waals surface area contributed by atoms with Gasteiger partial charge in [0.1, 0.15) is 85.0 Å². The lowest BCUT2D eigenvalue weighted by molar-refractivity contribution is -0.0485. The van der Waals surface area contributed by atoms with Crippen molar-refractivity contribution in [3.8, 4) is 0 Å². The van der Waals surface area contributed by atoms with Crippen LogP contribution in [-0.2, 0) is 48.6 Å². The molecule has 0 bridgehead atoms. The highest BCUT2D eigenvalue weighted by molar-refractivity contribution is 7.92. The van der Waals surface area contributed by atoms with Crippen molar-refractivity contribution in [1.82, 2.24) is 33.5 Å². The van der Waals surface area contributed by atoms with Crippen molar-refractivity contribution in [3.05, 3.63) is 164 Å². The summed E-state index contributed by atoms with van der Waals surface area (Å²) >= 11 is 0. The molecule has 12 aliphatic rings. The molecule has 18 atom stereocenters. The van der Waals surface area contributed by atoms with Gasteiger partial charge in [-0.05, 0) is 133 Å². The van der Waals surface area contributed by atoms with Gasteiger partial charge in [-0.25, -0.2) is 74.5 Å². The Balaban J connectivity index is 0.000000122. The third kappa shape index (κ3) is 17.0. The summed E-state index contributed by atoms with van der Waals surface area (Å²) in [6.07, 6.45) is 3.61. The highest BCUT2D eigenvalue weighted by Crippen LogP contribution is 2.42. The van der Waals surface area contributed by atoms with E-state index in [1.165, 1.54) is 23.7 Å². The third-order valence-electron chi connectivity index (χ3n) is 22.8. The predicted molar refractivity (Wildman–Crippen MR) is 368 cm³/mol. The van der Waals surface area contributed by atoms with Gasteiger partial charge in [0.05, 0.1) is 37.9 Å². The summed E-state index contributed by atoms with van der Waals surface area (Å²) in [7, 11) is -8.30. The lowest BCUT2D eigenvalue weighted by Gasteiger charge is -2.39. The molecule has 0 radical (unpaired) electrons.